The van der Waals surface area contributed by atoms with Gasteiger partial charge in [0, 0.05) is 50.3 Å². The van der Waals surface area contributed by atoms with Gasteiger partial charge in [0.2, 0.25) is 0 Å². The van der Waals surface area contributed by atoms with Crippen molar-refractivity contribution >= 4 is 44.9 Å². The highest BCUT2D eigenvalue weighted by Crippen LogP contribution is 2.32. The molecule has 2 N–H and O–H groups in total. The number of ether oxygens (including phenoxy) is 1. The van der Waals surface area contributed by atoms with E-state index in [-0.39, 0.29) is 29.0 Å². The smallest absolute Gasteiger partial charge is 0.270 e. The van der Waals surface area contributed by atoms with Gasteiger partial charge in [-0.1, -0.05) is 12.1 Å². The van der Waals surface area contributed by atoms with Gasteiger partial charge in [-0.05, 0) is 48.5 Å². The van der Waals surface area contributed by atoms with Gasteiger partial charge in [-0.3, -0.25) is 14.5 Å². The Kier molecular flexibility index (Phi) is 7.48. The number of carbonyl (C=O) groups is 1. The van der Waals surface area contributed by atoms with Crippen molar-refractivity contribution in [2.45, 2.75) is 4.90 Å². The topological polar surface area (TPSA) is 106 Å². The Morgan fingerprint density at radius 1 is 1.06 bits per heavy atom. The van der Waals surface area contributed by atoms with E-state index in [1.807, 2.05) is 34.7 Å². The van der Waals surface area contributed by atoms with Crippen LogP contribution in [0.5, 0.6) is 11.5 Å². The molecular weight excluding hydrogens is 502 g/mol. The molecule has 0 saturated carbocycles. The van der Waals surface area contributed by atoms with Gasteiger partial charge in [0.1, 0.15) is 22.1 Å². The Balaban J connectivity index is 0.00000304. The molecule has 3 heterocycles. The van der Waals surface area contributed by atoms with E-state index >= 15 is 0 Å². The van der Waals surface area contributed by atoms with Crippen LogP contribution in [-0.2, 0) is 17.1 Å². The lowest BCUT2D eigenvalue weighted by Crippen LogP contribution is -2.46. The molecule has 2 aromatic carbocycles. The molecule has 1 amide bonds. The van der Waals surface area contributed by atoms with Crippen molar-refractivity contribution in [2.24, 2.45) is 7.05 Å². The molecule has 0 spiro atoms. The summed E-state index contributed by atoms with van der Waals surface area (Å²) in [7, 11) is -2.04. The van der Waals surface area contributed by atoms with Crippen LogP contribution in [0.15, 0.2) is 78.0 Å². The number of halogens is 1. The minimum atomic E-state index is -3.91. The Morgan fingerprint density at radius 2 is 1.83 bits per heavy atom. The van der Waals surface area contributed by atoms with Crippen LogP contribution in [0.4, 0.5) is 5.69 Å². The first-order valence-electron chi connectivity index (χ1n) is 11.2. The number of benzene rings is 2. The first-order valence-corrected chi connectivity index (χ1v) is 12.7. The third-order valence-corrected chi connectivity index (χ3v) is 7.34. The second kappa shape index (κ2) is 10.6. The predicted octanol–water partition coefficient (Wildman–Crippen LogP) is 3.63. The van der Waals surface area contributed by atoms with Crippen molar-refractivity contribution in [1.82, 2.24) is 19.8 Å². The highest BCUT2D eigenvalue weighted by Gasteiger charge is 2.23. The van der Waals surface area contributed by atoms with Crippen molar-refractivity contribution in [2.75, 3.05) is 30.9 Å². The summed E-state index contributed by atoms with van der Waals surface area (Å²) in [5.41, 5.74) is 1.84. The molecule has 11 heteroatoms. The summed E-state index contributed by atoms with van der Waals surface area (Å²) in [6.07, 6.45) is 3.00. The van der Waals surface area contributed by atoms with Crippen molar-refractivity contribution in [3.63, 3.8) is 0 Å². The SMILES string of the molecule is Cl.Cn1c(C(=O)N2CCNCC2)cc2cc(Oc3ccccc3S(=O)(=O)Nc3cccnc3)ccc21. The Morgan fingerprint density at radius 3 is 2.58 bits per heavy atom. The van der Waals surface area contributed by atoms with Crippen molar-refractivity contribution in [3.05, 3.63) is 78.8 Å². The van der Waals surface area contributed by atoms with Crippen LogP contribution in [0.2, 0.25) is 0 Å². The van der Waals surface area contributed by atoms with E-state index in [0.717, 1.165) is 24.0 Å². The number of amides is 1. The fourth-order valence-electron chi connectivity index (χ4n) is 4.14. The number of nitrogens with one attached hydrogen (secondary N) is 2. The Bertz CT molecular complexity index is 1490. The van der Waals surface area contributed by atoms with Crippen molar-refractivity contribution < 1.29 is 17.9 Å². The number of piperazine rings is 1. The number of pyridine rings is 1. The van der Waals surface area contributed by atoms with Gasteiger partial charge >= 0.3 is 0 Å². The van der Waals surface area contributed by atoms with E-state index in [1.54, 1.807) is 42.6 Å². The molecule has 1 aliphatic rings. The third-order valence-electron chi connectivity index (χ3n) is 5.92. The lowest BCUT2D eigenvalue weighted by molar-refractivity contribution is 0.0726. The zero-order valence-corrected chi connectivity index (χ0v) is 21.2. The van der Waals surface area contributed by atoms with Crippen LogP contribution in [0.3, 0.4) is 0 Å². The van der Waals surface area contributed by atoms with E-state index in [2.05, 4.69) is 15.0 Å². The van der Waals surface area contributed by atoms with Crippen LogP contribution < -0.4 is 14.8 Å². The van der Waals surface area contributed by atoms with Gasteiger partial charge in [0.25, 0.3) is 15.9 Å². The fraction of sp³-hybridized carbons (Fsp3) is 0.200. The highest BCUT2D eigenvalue weighted by atomic mass is 35.5. The molecule has 0 radical (unpaired) electrons. The van der Waals surface area contributed by atoms with E-state index < -0.39 is 10.0 Å². The number of hydrogen-bond acceptors (Lipinski definition) is 6. The summed E-state index contributed by atoms with van der Waals surface area (Å²) in [5, 5.41) is 4.08. The number of anilines is 1. The van der Waals surface area contributed by atoms with E-state index in [9.17, 15) is 13.2 Å². The van der Waals surface area contributed by atoms with Crippen LogP contribution in [0.1, 0.15) is 10.5 Å². The van der Waals surface area contributed by atoms with Gasteiger partial charge in [0.05, 0.1) is 11.9 Å². The second-order valence-electron chi connectivity index (χ2n) is 8.25. The molecule has 1 aliphatic heterocycles. The van der Waals surface area contributed by atoms with Gasteiger partial charge < -0.3 is 19.5 Å². The van der Waals surface area contributed by atoms with Gasteiger partial charge in [-0.2, -0.15) is 0 Å². The zero-order valence-electron chi connectivity index (χ0n) is 19.5. The number of sulfonamides is 1. The summed E-state index contributed by atoms with van der Waals surface area (Å²) >= 11 is 0. The highest BCUT2D eigenvalue weighted by molar-refractivity contribution is 7.92. The molecule has 5 rings (SSSR count). The number of fused-ring (bicyclic) bond motifs is 1. The first kappa shape index (κ1) is 25.5. The molecule has 1 saturated heterocycles. The largest absolute Gasteiger partial charge is 0.456 e. The van der Waals surface area contributed by atoms with Gasteiger partial charge in [0.15, 0.2) is 0 Å². The average Bonchev–Trinajstić information content (AvgIpc) is 3.20. The zero-order chi connectivity index (χ0) is 24.4. The minimum Gasteiger partial charge on any atom is -0.456 e. The molecule has 188 valence electrons. The molecule has 36 heavy (non-hydrogen) atoms. The molecule has 4 aromatic rings. The van der Waals surface area contributed by atoms with E-state index in [0.29, 0.717) is 30.2 Å². The lowest BCUT2D eigenvalue weighted by Gasteiger charge is -2.27. The average molecular weight is 528 g/mol. The number of rotatable bonds is 6. The lowest BCUT2D eigenvalue weighted by atomic mass is 10.2. The number of hydrogen-bond donors (Lipinski definition) is 2. The van der Waals surface area contributed by atoms with Crippen LogP contribution in [-0.4, -0.2) is 55.0 Å². The predicted molar refractivity (Wildman–Crippen MR) is 141 cm³/mol. The maximum atomic E-state index is 13.0. The molecule has 0 bridgehead atoms. The fourth-order valence-corrected chi connectivity index (χ4v) is 5.32. The Hall–Kier alpha value is -3.60. The normalized spacial score (nSPS) is 13.8. The number of aryl methyl sites for hydroxylation is 1. The molecule has 9 nitrogen and oxygen atoms in total. The summed E-state index contributed by atoms with van der Waals surface area (Å²) in [5.74, 6) is 0.648. The maximum Gasteiger partial charge on any atom is 0.270 e. The van der Waals surface area contributed by atoms with Crippen LogP contribution >= 0.6 is 12.4 Å². The van der Waals surface area contributed by atoms with Crippen molar-refractivity contribution in [1.29, 1.82) is 0 Å². The van der Waals surface area contributed by atoms with Gasteiger partial charge in [-0.25, -0.2) is 8.42 Å². The quantitative estimate of drug-likeness (QED) is 0.396. The van der Waals surface area contributed by atoms with Crippen LogP contribution in [0.25, 0.3) is 10.9 Å². The molecule has 0 aliphatic carbocycles. The number of carbonyl (C=O) groups excluding carboxylic acids is 1. The van der Waals surface area contributed by atoms with E-state index in [1.165, 1.54) is 12.3 Å². The summed E-state index contributed by atoms with van der Waals surface area (Å²) in [4.78, 5) is 18.8. The van der Waals surface area contributed by atoms with Crippen molar-refractivity contribution in [3.8, 4) is 11.5 Å². The molecular formula is C25H26ClN5O4S. The Labute approximate surface area is 215 Å². The third kappa shape index (κ3) is 5.15. The van der Waals surface area contributed by atoms with Crippen LogP contribution in [0, 0.1) is 0 Å². The maximum absolute atomic E-state index is 13.0. The standard InChI is InChI=1S/C25H25N5O4S.ClH/c1-29-21-9-8-20(15-18(21)16-22(29)25(31)30-13-11-26-12-14-30)34-23-6-2-3-7-24(23)35(32,33)28-19-5-4-10-27-17-19;/h2-10,15-17,26,28H,11-14H2,1H3;1H. The molecule has 2 aromatic heterocycles. The number of aromatic nitrogens is 2. The number of para-hydroxylation sites is 1. The molecule has 0 atom stereocenters. The summed E-state index contributed by atoms with van der Waals surface area (Å²) in [6, 6.07) is 17.0. The number of nitrogens with zero attached hydrogens (tertiary/aromatic N) is 3. The molecule has 1 fully saturated rings. The summed E-state index contributed by atoms with van der Waals surface area (Å²) in [6.45, 7) is 2.91. The second-order valence-corrected chi connectivity index (χ2v) is 9.90. The van der Waals surface area contributed by atoms with E-state index in [4.69, 9.17) is 4.74 Å². The van der Waals surface area contributed by atoms with Gasteiger partial charge in [-0.15, -0.1) is 12.4 Å². The molecule has 0 unspecified atom stereocenters. The summed E-state index contributed by atoms with van der Waals surface area (Å²) < 4.78 is 36.5. The monoisotopic (exact) mass is 527 g/mol. The first-order chi connectivity index (χ1) is 16.9. The minimum absolute atomic E-state index is 0.